The number of hydrogen-bond donors (Lipinski definition) is 1. The molecule has 0 aromatic heterocycles. The molecule has 0 spiro atoms. The predicted octanol–water partition coefficient (Wildman–Crippen LogP) is 5.79. The van der Waals surface area contributed by atoms with E-state index in [1.54, 1.807) is 6.07 Å². The topological polar surface area (TPSA) is 59.4 Å². The highest BCUT2D eigenvalue weighted by molar-refractivity contribution is 6.31. The number of benzene rings is 2. The molecule has 34 heavy (non-hydrogen) atoms. The number of nitrogens with one attached hydrogen (secondary N) is 1. The lowest BCUT2D eigenvalue weighted by molar-refractivity contribution is 0.149. The minimum Gasteiger partial charge on any atom is -0.320 e. The number of urea groups is 1. The minimum atomic E-state index is -0.497. The van der Waals surface area contributed by atoms with Crippen LogP contribution in [0, 0.1) is 23.1 Å². The van der Waals surface area contributed by atoms with Gasteiger partial charge in [-0.2, -0.15) is 5.26 Å². The van der Waals surface area contributed by atoms with Gasteiger partial charge in [-0.25, -0.2) is 9.18 Å². The molecule has 1 unspecified atom stereocenters. The molecule has 2 amide bonds. The smallest absolute Gasteiger partial charge is 0.320 e. The van der Waals surface area contributed by atoms with E-state index in [9.17, 15) is 14.4 Å². The van der Waals surface area contributed by atoms with E-state index in [1.807, 2.05) is 23.1 Å². The molecule has 2 saturated carbocycles. The molecule has 0 bridgehead atoms. The fraction of sp³-hybridized carbons (Fsp3) is 0.481. The molecule has 3 atom stereocenters. The van der Waals surface area contributed by atoms with E-state index in [4.69, 9.17) is 11.6 Å². The largest absolute Gasteiger partial charge is 0.322 e. The molecule has 2 aliphatic carbocycles. The van der Waals surface area contributed by atoms with E-state index in [0.717, 1.165) is 45.3 Å². The van der Waals surface area contributed by atoms with Gasteiger partial charge in [-0.15, -0.1) is 0 Å². The van der Waals surface area contributed by atoms with Crippen molar-refractivity contribution in [2.75, 3.05) is 31.5 Å². The Kier molecular flexibility index (Phi) is 6.50. The van der Waals surface area contributed by atoms with Gasteiger partial charge in [-0.3, -0.25) is 0 Å². The Morgan fingerprint density at radius 2 is 2.09 bits per heavy atom. The van der Waals surface area contributed by atoms with E-state index in [-0.39, 0.29) is 22.5 Å². The summed E-state index contributed by atoms with van der Waals surface area (Å²) in [6.45, 7) is 3.73. The summed E-state index contributed by atoms with van der Waals surface area (Å²) in [5.74, 6) is 0.0333. The van der Waals surface area contributed by atoms with Crippen molar-refractivity contribution in [2.24, 2.45) is 5.92 Å². The third-order valence-corrected chi connectivity index (χ3v) is 8.30. The van der Waals surface area contributed by atoms with E-state index in [1.165, 1.54) is 30.5 Å². The van der Waals surface area contributed by atoms with Crippen LogP contribution in [0.5, 0.6) is 0 Å². The molecule has 5 nitrogen and oxygen atoms in total. The number of likely N-dealkylation sites (tertiary alicyclic amines) is 1. The average molecular weight is 481 g/mol. The van der Waals surface area contributed by atoms with E-state index in [2.05, 4.69) is 22.4 Å². The average Bonchev–Trinajstić information content (AvgIpc) is 3.36. The fourth-order valence-electron chi connectivity index (χ4n) is 6.02. The van der Waals surface area contributed by atoms with Crippen molar-refractivity contribution in [2.45, 2.75) is 50.0 Å². The third kappa shape index (κ3) is 4.64. The molecular weight excluding hydrogens is 451 g/mol. The van der Waals surface area contributed by atoms with Crippen molar-refractivity contribution in [3.05, 3.63) is 64.4 Å². The molecule has 1 heterocycles. The first-order chi connectivity index (χ1) is 16.5. The quantitative estimate of drug-likeness (QED) is 0.569. The SMILES string of the molecule is N#Cc1cccc([C@@]23CC[C@@H](N(CCN4CCCC4)C(=O)Nc4ccc(F)c(Cl)c4)CC2C3)c1. The number of rotatable bonds is 6. The second-order valence-corrected chi connectivity index (χ2v) is 10.4. The Labute approximate surface area is 205 Å². The number of nitriles is 1. The maximum Gasteiger partial charge on any atom is 0.322 e. The Balaban J connectivity index is 1.30. The second-order valence-electron chi connectivity index (χ2n) is 9.98. The Hall–Kier alpha value is -2.62. The first-order valence-corrected chi connectivity index (χ1v) is 12.6. The van der Waals surface area contributed by atoms with E-state index in [0.29, 0.717) is 23.7 Å². The maximum atomic E-state index is 13.6. The molecule has 0 radical (unpaired) electrons. The van der Waals surface area contributed by atoms with Crippen LogP contribution < -0.4 is 5.32 Å². The second kappa shape index (κ2) is 9.56. The van der Waals surface area contributed by atoms with Gasteiger partial charge in [-0.1, -0.05) is 23.7 Å². The van der Waals surface area contributed by atoms with Gasteiger partial charge >= 0.3 is 6.03 Å². The van der Waals surface area contributed by atoms with Crippen LogP contribution in [-0.4, -0.2) is 48.1 Å². The van der Waals surface area contributed by atoms with E-state index >= 15 is 0 Å². The lowest BCUT2D eigenvalue weighted by Gasteiger charge is -2.37. The van der Waals surface area contributed by atoms with Crippen molar-refractivity contribution < 1.29 is 9.18 Å². The lowest BCUT2D eigenvalue weighted by atomic mass is 9.80. The monoisotopic (exact) mass is 480 g/mol. The fourth-order valence-corrected chi connectivity index (χ4v) is 6.20. The molecule has 2 aromatic carbocycles. The first kappa shape index (κ1) is 23.1. The molecule has 1 saturated heterocycles. The lowest BCUT2D eigenvalue weighted by Crippen LogP contribution is -2.48. The Bertz CT molecular complexity index is 1110. The summed E-state index contributed by atoms with van der Waals surface area (Å²) in [6.07, 6.45) is 6.48. The zero-order chi connectivity index (χ0) is 23.7. The van der Waals surface area contributed by atoms with Gasteiger partial charge in [0.1, 0.15) is 5.82 Å². The van der Waals surface area contributed by atoms with Crippen LogP contribution >= 0.6 is 11.6 Å². The Morgan fingerprint density at radius 3 is 2.82 bits per heavy atom. The van der Waals surface area contributed by atoms with Crippen LogP contribution in [0.1, 0.15) is 49.7 Å². The number of anilines is 1. The Morgan fingerprint density at radius 1 is 1.26 bits per heavy atom. The number of nitrogens with zero attached hydrogens (tertiary/aromatic N) is 3. The van der Waals surface area contributed by atoms with Crippen LogP contribution in [-0.2, 0) is 5.41 Å². The molecule has 1 N–H and O–H groups in total. The number of amides is 2. The van der Waals surface area contributed by atoms with Crippen molar-refractivity contribution in [1.82, 2.24) is 9.80 Å². The van der Waals surface area contributed by atoms with Gasteiger partial charge in [0.25, 0.3) is 0 Å². The molecule has 178 valence electrons. The van der Waals surface area contributed by atoms with Gasteiger partial charge in [0, 0.05) is 24.8 Å². The highest BCUT2D eigenvalue weighted by Gasteiger charge is 2.58. The highest BCUT2D eigenvalue weighted by Crippen LogP contribution is 2.62. The van der Waals surface area contributed by atoms with Crippen LogP contribution in [0.2, 0.25) is 5.02 Å². The third-order valence-electron chi connectivity index (χ3n) is 8.01. The van der Waals surface area contributed by atoms with Crippen LogP contribution in [0.4, 0.5) is 14.9 Å². The maximum absolute atomic E-state index is 13.6. The van der Waals surface area contributed by atoms with Gasteiger partial charge in [0.15, 0.2) is 0 Å². The minimum absolute atomic E-state index is 0.00134. The zero-order valence-electron chi connectivity index (χ0n) is 19.3. The van der Waals surface area contributed by atoms with Crippen LogP contribution in [0.3, 0.4) is 0 Å². The van der Waals surface area contributed by atoms with Gasteiger partial charge < -0.3 is 15.1 Å². The molecule has 2 aromatic rings. The van der Waals surface area contributed by atoms with Crippen LogP contribution in [0.25, 0.3) is 0 Å². The summed E-state index contributed by atoms with van der Waals surface area (Å²) >= 11 is 5.93. The van der Waals surface area contributed by atoms with Crippen molar-refractivity contribution in [3.8, 4) is 6.07 Å². The summed E-state index contributed by atoms with van der Waals surface area (Å²) in [5.41, 5.74) is 2.64. The summed E-state index contributed by atoms with van der Waals surface area (Å²) in [4.78, 5) is 17.8. The number of halogens is 2. The number of carbonyl (C=O) groups is 1. The van der Waals surface area contributed by atoms with Gasteiger partial charge in [0.05, 0.1) is 16.7 Å². The van der Waals surface area contributed by atoms with E-state index < -0.39 is 5.82 Å². The molecule has 7 heteroatoms. The standard InChI is InChI=1S/C27H30ClFN4O/c28-24-16-22(6-7-25(24)29)31-26(34)33(13-12-32-10-1-2-11-32)23-8-9-27(17-21(27)15-23)20-5-3-4-19(14-20)18-30/h3-7,14,16,21,23H,1-2,8-13,15,17H2,(H,31,34)/t21?,23-,27+/m1/s1. The van der Waals surface area contributed by atoms with Crippen LogP contribution in [0.15, 0.2) is 42.5 Å². The normalized spacial score (nSPS) is 25.9. The summed E-state index contributed by atoms with van der Waals surface area (Å²) in [7, 11) is 0. The predicted molar refractivity (Wildman–Crippen MR) is 131 cm³/mol. The van der Waals surface area contributed by atoms with Crippen molar-refractivity contribution in [1.29, 1.82) is 5.26 Å². The van der Waals surface area contributed by atoms with Crippen molar-refractivity contribution in [3.63, 3.8) is 0 Å². The highest BCUT2D eigenvalue weighted by atomic mass is 35.5. The molecule has 5 rings (SSSR count). The number of hydrogen-bond acceptors (Lipinski definition) is 3. The first-order valence-electron chi connectivity index (χ1n) is 12.2. The number of carbonyl (C=O) groups excluding carboxylic acids is 1. The molecule has 3 fully saturated rings. The molecule has 1 aliphatic heterocycles. The van der Waals surface area contributed by atoms with Gasteiger partial charge in [-0.05, 0) is 98.8 Å². The van der Waals surface area contributed by atoms with Gasteiger partial charge in [0.2, 0.25) is 0 Å². The molecular formula is C27H30ClFN4O. The van der Waals surface area contributed by atoms with Crippen molar-refractivity contribution >= 4 is 23.3 Å². The number of fused-ring (bicyclic) bond motifs is 1. The zero-order valence-corrected chi connectivity index (χ0v) is 20.0. The summed E-state index contributed by atoms with van der Waals surface area (Å²) < 4.78 is 13.6. The molecule has 3 aliphatic rings. The summed E-state index contributed by atoms with van der Waals surface area (Å²) in [6, 6.07) is 14.6. The summed E-state index contributed by atoms with van der Waals surface area (Å²) in [5, 5.41) is 12.3.